The van der Waals surface area contributed by atoms with Gasteiger partial charge >= 0.3 is 0 Å². The maximum Gasteiger partial charge on any atom is 0.108 e. The molecule has 0 atom stereocenters. The molecule has 0 saturated heterocycles. The van der Waals surface area contributed by atoms with Crippen LogP contribution in [0.25, 0.3) is 0 Å². The second kappa shape index (κ2) is 2.66. The normalized spacial score (nSPS) is 14.0. The van der Waals surface area contributed by atoms with Crippen LogP contribution in [0.2, 0.25) is 19.6 Å². The van der Waals surface area contributed by atoms with Crippen molar-refractivity contribution in [2.24, 2.45) is 0 Å². The highest BCUT2D eigenvalue weighted by atomic mass is 32.4. The molecule has 0 aliphatic heterocycles. The Balaban J connectivity index is 3.75. The smallest absolute Gasteiger partial charge is 0.108 e. The number of hydrogen-bond donors (Lipinski definition) is 0. The van der Waals surface area contributed by atoms with Gasteiger partial charge in [0, 0.05) is 4.75 Å². The molecule has 0 heterocycles. The van der Waals surface area contributed by atoms with Gasteiger partial charge in [0.05, 0.1) is 0 Å². The van der Waals surface area contributed by atoms with E-state index >= 15 is 0 Å². The van der Waals surface area contributed by atoms with Gasteiger partial charge in [-0.05, 0) is 0 Å². The molecule has 0 aliphatic carbocycles. The van der Waals surface area contributed by atoms with E-state index in [1.807, 2.05) is 0 Å². The molecule has 0 aliphatic rings. The largest absolute Gasteiger partial charge is 0.180 e. The van der Waals surface area contributed by atoms with Crippen LogP contribution < -0.4 is 0 Å². The van der Waals surface area contributed by atoms with Gasteiger partial charge in [-0.3, -0.25) is 0 Å². The van der Waals surface area contributed by atoms with Crippen LogP contribution >= 0.6 is 11.2 Å². The standard InChI is InChI=1S/C7H18SSi/c1-7(2,3)8-9(4,5)6/h1-6H3. The van der Waals surface area contributed by atoms with E-state index in [-0.39, 0.29) is 0 Å². The monoisotopic (exact) mass is 162 g/mol. The van der Waals surface area contributed by atoms with Crippen molar-refractivity contribution in [1.82, 2.24) is 0 Å². The molecule has 0 unspecified atom stereocenters. The van der Waals surface area contributed by atoms with E-state index in [2.05, 4.69) is 51.6 Å². The fourth-order valence-electron chi connectivity index (χ4n) is 0.919. The minimum absolute atomic E-state index is 0.463. The maximum absolute atomic E-state index is 2.39. The Bertz CT molecular complexity index is 74.1. The first-order valence-corrected chi connectivity index (χ1v) is 8.45. The van der Waals surface area contributed by atoms with Gasteiger partial charge in [0.15, 0.2) is 0 Å². The average molecular weight is 162 g/mol. The summed E-state index contributed by atoms with van der Waals surface area (Å²) in [6.07, 6.45) is 0. The Morgan fingerprint density at radius 2 is 1.33 bits per heavy atom. The highest BCUT2D eigenvalue weighted by Gasteiger charge is 2.22. The Hall–Kier alpha value is 0.567. The van der Waals surface area contributed by atoms with Crippen LogP contribution in [-0.4, -0.2) is 12.0 Å². The first-order chi connectivity index (χ1) is 3.71. The molecule has 0 radical (unpaired) electrons. The summed E-state index contributed by atoms with van der Waals surface area (Å²) in [5.74, 6) is 0. The lowest BCUT2D eigenvalue weighted by atomic mass is 10.3. The van der Waals surface area contributed by atoms with Gasteiger partial charge < -0.3 is 0 Å². The summed E-state index contributed by atoms with van der Waals surface area (Å²) in [7, 11) is -0.876. The summed E-state index contributed by atoms with van der Waals surface area (Å²) < 4.78 is 0.463. The fourth-order valence-corrected chi connectivity index (χ4v) is 8.27. The van der Waals surface area contributed by atoms with Crippen molar-refractivity contribution < 1.29 is 0 Å². The highest BCUT2D eigenvalue weighted by molar-refractivity contribution is 8.29. The zero-order valence-electron chi connectivity index (χ0n) is 7.41. The van der Waals surface area contributed by atoms with Gasteiger partial charge in [-0.1, -0.05) is 40.4 Å². The lowest BCUT2D eigenvalue weighted by molar-refractivity contribution is 0.809. The summed E-state index contributed by atoms with van der Waals surface area (Å²) in [6, 6.07) is 0. The zero-order valence-corrected chi connectivity index (χ0v) is 9.22. The van der Waals surface area contributed by atoms with Crippen molar-refractivity contribution >= 4 is 18.4 Å². The van der Waals surface area contributed by atoms with Crippen molar-refractivity contribution in [3.63, 3.8) is 0 Å². The average Bonchev–Trinajstić information content (AvgIpc) is 1.14. The van der Waals surface area contributed by atoms with Gasteiger partial charge in [-0.25, -0.2) is 0 Å². The molecule has 0 aromatic rings. The zero-order chi connectivity index (χ0) is 7.71. The summed E-state index contributed by atoms with van der Waals surface area (Å²) in [5.41, 5.74) is 0. The minimum Gasteiger partial charge on any atom is -0.180 e. The highest BCUT2D eigenvalue weighted by Crippen LogP contribution is 2.32. The summed E-state index contributed by atoms with van der Waals surface area (Å²) in [4.78, 5) is 0. The topological polar surface area (TPSA) is 0 Å². The van der Waals surface area contributed by atoms with Crippen LogP contribution in [0.3, 0.4) is 0 Å². The van der Waals surface area contributed by atoms with Crippen molar-refractivity contribution in [1.29, 1.82) is 0 Å². The lowest BCUT2D eigenvalue weighted by Crippen LogP contribution is -2.23. The third kappa shape index (κ3) is 8.57. The first kappa shape index (κ1) is 9.57. The van der Waals surface area contributed by atoms with Crippen LogP contribution in [0.1, 0.15) is 20.8 Å². The van der Waals surface area contributed by atoms with Crippen LogP contribution in [0.4, 0.5) is 0 Å². The molecular formula is C7H18SSi. The summed E-state index contributed by atoms with van der Waals surface area (Å²) in [5, 5.41) is 0. The molecule has 0 rings (SSSR count). The molecule has 56 valence electrons. The summed E-state index contributed by atoms with van der Waals surface area (Å²) in [6.45, 7) is 14.0. The maximum atomic E-state index is 2.39. The number of hydrogen-bond acceptors (Lipinski definition) is 1. The van der Waals surface area contributed by atoms with E-state index in [0.29, 0.717) is 4.75 Å². The molecule has 0 aromatic heterocycles. The fraction of sp³-hybridized carbons (Fsp3) is 1.00. The second-order valence-corrected chi connectivity index (χ2v) is 14.3. The molecule has 0 amide bonds. The Kier molecular flexibility index (Phi) is 2.83. The molecule has 0 fully saturated rings. The third-order valence-corrected chi connectivity index (χ3v) is 5.51. The lowest BCUT2D eigenvalue weighted by Gasteiger charge is -2.26. The third-order valence-electron chi connectivity index (χ3n) is 0.612. The van der Waals surface area contributed by atoms with Crippen LogP contribution in [-0.2, 0) is 0 Å². The van der Waals surface area contributed by atoms with E-state index in [0.717, 1.165) is 0 Å². The van der Waals surface area contributed by atoms with Gasteiger partial charge in [-0.15, -0.1) is 0 Å². The Labute approximate surface area is 64.1 Å². The molecular weight excluding hydrogens is 144 g/mol. The molecule has 0 N–H and O–H groups in total. The van der Waals surface area contributed by atoms with Crippen molar-refractivity contribution in [3.8, 4) is 0 Å². The molecule has 0 spiro atoms. The quantitative estimate of drug-likeness (QED) is 0.533. The molecule has 0 aromatic carbocycles. The molecule has 0 saturated carbocycles. The van der Waals surface area contributed by atoms with E-state index in [4.69, 9.17) is 0 Å². The van der Waals surface area contributed by atoms with E-state index in [9.17, 15) is 0 Å². The SMILES string of the molecule is CC(C)(C)S[Si](C)(C)C. The second-order valence-electron chi connectivity index (χ2n) is 4.33. The first-order valence-electron chi connectivity index (χ1n) is 3.41. The van der Waals surface area contributed by atoms with E-state index in [1.54, 1.807) is 0 Å². The van der Waals surface area contributed by atoms with Gasteiger partial charge in [0.1, 0.15) is 7.22 Å². The van der Waals surface area contributed by atoms with E-state index in [1.165, 1.54) is 0 Å². The Morgan fingerprint density at radius 3 is 1.33 bits per heavy atom. The predicted molar refractivity (Wildman–Crippen MR) is 50.7 cm³/mol. The molecule has 9 heavy (non-hydrogen) atoms. The van der Waals surface area contributed by atoms with E-state index < -0.39 is 7.22 Å². The summed E-state index contributed by atoms with van der Waals surface area (Å²) >= 11 is 2.15. The van der Waals surface area contributed by atoms with Gasteiger partial charge in [0.25, 0.3) is 0 Å². The van der Waals surface area contributed by atoms with Gasteiger partial charge in [0.2, 0.25) is 0 Å². The Morgan fingerprint density at radius 1 is 1.00 bits per heavy atom. The van der Waals surface area contributed by atoms with Gasteiger partial charge in [-0.2, -0.15) is 11.2 Å². The van der Waals surface area contributed by atoms with Crippen molar-refractivity contribution in [2.45, 2.75) is 45.2 Å². The molecule has 2 heteroatoms. The van der Waals surface area contributed by atoms with Crippen LogP contribution in [0.5, 0.6) is 0 Å². The number of rotatable bonds is 1. The molecule has 0 nitrogen and oxygen atoms in total. The minimum atomic E-state index is -0.876. The molecule has 0 bridgehead atoms. The van der Waals surface area contributed by atoms with Crippen molar-refractivity contribution in [3.05, 3.63) is 0 Å². The van der Waals surface area contributed by atoms with Crippen LogP contribution in [0.15, 0.2) is 0 Å². The predicted octanol–water partition coefficient (Wildman–Crippen LogP) is 3.35. The van der Waals surface area contributed by atoms with Crippen molar-refractivity contribution in [2.75, 3.05) is 0 Å². The van der Waals surface area contributed by atoms with Crippen LogP contribution in [0, 0.1) is 0 Å².